The van der Waals surface area contributed by atoms with Crippen LogP contribution in [0.25, 0.3) is 11.1 Å². The first-order valence-corrected chi connectivity index (χ1v) is 11.2. The minimum Gasteiger partial charge on any atom is -0.457 e. The molecule has 4 aromatic rings. The average molecular weight is 457 g/mol. The minimum absolute atomic E-state index is 0.230. The lowest BCUT2D eigenvalue weighted by molar-refractivity contribution is 0.0535. The van der Waals surface area contributed by atoms with Crippen molar-refractivity contribution >= 4 is 28.7 Å². The van der Waals surface area contributed by atoms with Gasteiger partial charge in [0.25, 0.3) is 0 Å². The van der Waals surface area contributed by atoms with Gasteiger partial charge in [0.15, 0.2) is 5.58 Å². The molecule has 0 amide bonds. The van der Waals surface area contributed by atoms with Crippen LogP contribution in [0.3, 0.4) is 0 Å². The van der Waals surface area contributed by atoms with E-state index in [0.29, 0.717) is 29.2 Å². The van der Waals surface area contributed by atoms with Gasteiger partial charge in [-0.1, -0.05) is 6.07 Å². The highest BCUT2D eigenvalue weighted by molar-refractivity contribution is 5.93. The number of hydrogen-bond acceptors (Lipinski definition) is 8. The van der Waals surface area contributed by atoms with Gasteiger partial charge in [-0.05, 0) is 42.3 Å². The number of hydrogen-bond donors (Lipinski definition) is 1. The summed E-state index contributed by atoms with van der Waals surface area (Å²) in [6, 6.07) is 9.37. The van der Waals surface area contributed by atoms with E-state index >= 15 is 0 Å². The molecule has 9 nitrogen and oxygen atoms in total. The SMILES string of the molecule is Cc1c(CN2CCc3nc(Nc4ccc5oc(=O)n(C)c5c4)ncc3C2)ccc2c1COC2=O. The second-order valence-corrected chi connectivity index (χ2v) is 8.81. The molecule has 0 saturated heterocycles. The maximum atomic E-state index is 11.8. The van der Waals surface area contributed by atoms with E-state index in [4.69, 9.17) is 14.1 Å². The molecule has 9 heteroatoms. The second-order valence-electron chi connectivity index (χ2n) is 8.81. The van der Waals surface area contributed by atoms with Gasteiger partial charge in [0.05, 0.1) is 16.8 Å². The molecule has 0 radical (unpaired) electrons. The number of carbonyl (C=O) groups is 1. The Labute approximate surface area is 195 Å². The van der Waals surface area contributed by atoms with Crippen molar-refractivity contribution in [2.45, 2.75) is 33.0 Å². The molecule has 6 rings (SSSR count). The molecule has 1 N–H and O–H groups in total. The largest absolute Gasteiger partial charge is 0.457 e. The van der Waals surface area contributed by atoms with Gasteiger partial charge >= 0.3 is 11.7 Å². The summed E-state index contributed by atoms with van der Waals surface area (Å²) in [5, 5.41) is 3.24. The Balaban J connectivity index is 1.18. The Morgan fingerprint density at radius 3 is 2.94 bits per heavy atom. The number of carbonyl (C=O) groups excluding carboxylic acids is 1. The van der Waals surface area contributed by atoms with Crippen LogP contribution in [-0.4, -0.2) is 31.9 Å². The summed E-state index contributed by atoms with van der Waals surface area (Å²) in [4.78, 5) is 35.1. The van der Waals surface area contributed by atoms with Crippen molar-refractivity contribution in [3.63, 3.8) is 0 Å². The molecular formula is C25H23N5O4. The zero-order valence-electron chi connectivity index (χ0n) is 18.9. The highest BCUT2D eigenvalue weighted by Crippen LogP contribution is 2.28. The van der Waals surface area contributed by atoms with Crippen molar-refractivity contribution in [1.82, 2.24) is 19.4 Å². The zero-order chi connectivity index (χ0) is 23.4. The van der Waals surface area contributed by atoms with Gasteiger partial charge in [0.1, 0.15) is 6.61 Å². The number of nitrogens with one attached hydrogen (secondary N) is 1. The molecule has 0 unspecified atom stereocenters. The number of fused-ring (bicyclic) bond motifs is 3. The molecular weight excluding hydrogens is 434 g/mol. The summed E-state index contributed by atoms with van der Waals surface area (Å²) in [6.45, 7) is 4.89. The number of benzene rings is 2. The molecule has 0 bridgehead atoms. The normalized spacial score (nSPS) is 15.3. The minimum atomic E-state index is -0.390. The summed E-state index contributed by atoms with van der Waals surface area (Å²) in [7, 11) is 1.68. The maximum Gasteiger partial charge on any atom is 0.419 e. The quantitative estimate of drug-likeness (QED) is 0.466. The van der Waals surface area contributed by atoms with Crippen molar-refractivity contribution in [2.75, 3.05) is 11.9 Å². The van der Waals surface area contributed by atoms with E-state index in [1.165, 1.54) is 10.1 Å². The van der Waals surface area contributed by atoms with Crippen LogP contribution in [0.4, 0.5) is 11.6 Å². The maximum absolute atomic E-state index is 11.8. The number of ether oxygens (including phenoxy) is 1. The number of oxazole rings is 1. The fourth-order valence-corrected chi connectivity index (χ4v) is 4.71. The number of cyclic esters (lactones) is 1. The van der Waals surface area contributed by atoms with Crippen molar-refractivity contribution in [3.05, 3.63) is 80.6 Å². The third kappa shape index (κ3) is 3.45. The van der Waals surface area contributed by atoms with Crippen LogP contribution >= 0.6 is 0 Å². The Morgan fingerprint density at radius 2 is 2.06 bits per heavy atom. The van der Waals surface area contributed by atoms with E-state index in [2.05, 4.69) is 22.1 Å². The number of aromatic nitrogens is 3. The third-order valence-corrected chi connectivity index (χ3v) is 6.73. The fraction of sp³-hybridized carbons (Fsp3) is 0.280. The van der Waals surface area contributed by atoms with Gasteiger partial charge in [-0.3, -0.25) is 9.47 Å². The summed E-state index contributed by atoms with van der Waals surface area (Å²) in [5.41, 5.74) is 8.23. The number of anilines is 2. The number of rotatable bonds is 4. The number of nitrogens with zero attached hydrogens (tertiary/aromatic N) is 4. The predicted molar refractivity (Wildman–Crippen MR) is 125 cm³/mol. The van der Waals surface area contributed by atoms with Crippen molar-refractivity contribution in [3.8, 4) is 0 Å². The summed E-state index contributed by atoms with van der Waals surface area (Å²) in [5.74, 6) is -0.0929. The van der Waals surface area contributed by atoms with Crippen LogP contribution in [0.15, 0.2) is 45.7 Å². The highest BCUT2D eigenvalue weighted by Gasteiger charge is 2.25. The first kappa shape index (κ1) is 20.6. The van der Waals surface area contributed by atoms with Crippen LogP contribution in [0.5, 0.6) is 0 Å². The molecule has 2 aromatic carbocycles. The van der Waals surface area contributed by atoms with E-state index in [9.17, 15) is 9.59 Å². The van der Waals surface area contributed by atoms with Gasteiger partial charge < -0.3 is 14.5 Å². The van der Waals surface area contributed by atoms with Gasteiger partial charge in [-0.2, -0.15) is 0 Å². The zero-order valence-corrected chi connectivity index (χ0v) is 18.9. The lowest BCUT2D eigenvalue weighted by Crippen LogP contribution is -2.31. The molecule has 0 aliphatic carbocycles. The predicted octanol–water partition coefficient (Wildman–Crippen LogP) is 3.20. The van der Waals surface area contributed by atoms with E-state index in [1.54, 1.807) is 13.1 Å². The average Bonchev–Trinajstić information content (AvgIpc) is 3.35. The molecule has 2 aromatic heterocycles. The molecule has 172 valence electrons. The van der Waals surface area contributed by atoms with Crippen molar-refractivity contribution in [2.24, 2.45) is 7.05 Å². The topological polar surface area (TPSA) is 102 Å². The lowest BCUT2D eigenvalue weighted by atomic mass is 9.97. The fourth-order valence-electron chi connectivity index (χ4n) is 4.71. The van der Waals surface area contributed by atoms with Crippen LogP contribution in [0, 0.1) is 6.92 Å². The Kier molecular flexibility index (Phi) is 4.73. The van der Waals surface area contributed by atoms with E-state index in [1.807, 2.05) is 30.5 Å². The molecule has 4 heterocycles. The molecule has 0 atom stereocenters. The standard InChI is InChI=1S/C25H23N5O4/c1-14-15(3-5-18-19(14)13-33-23(18)31)11-30-8-7-20-16(12-30)10-26-24(28-20)27-17-4-6-22-21(9-17)29(2)25(32)34-22/h3-6,9-10H,7-8,11-13H2,1-2H3,(H,26,27,28). The molecule has 0 fully saturated rings. The first-order valence-electron chi connectivity index (χ1n) is 11.2. The Hall–Kier alpha value is -3.98. The van der Waals surface area contributed by atoms with Crippen molar-refractivity contribution in [1.29, 1.82) is 0 Å². The van der Waals surface area contributed by atoms with Crippen LogP contribution < -0.4 is 11.1 Å². The van der Waals surface area contributed by atoms with Gasteiger partial charge in [0.2, 0.25) is 5.95 Å². The smallest absolute Gasteiger partial charge is 0.419 e. The van der Waals surface area contributed by atoms with E-state index in [0.717, 1.165) is 54.1 Å². The third-order valence-electron chi connectivity index (χ3n) is 6.73. The molecule has 34 heavy (non-hydrogen) atoms. The number of esters is 1. The van der Waals surface area contributed by atoms with Crippen LogP contribution in [-0.2, 0) is 37.9 Å². The summed E-state index contributed by atoms with van der Waals surface area (Å²) >= 11 is 0. The van der Waals surface area contributed by atoms with Gasteiger partial charge in [-0.15, -0.1) is 0 Å². The van der Waals surface area contributed by atoms with Gasteiger partial charge in [-0.25, -0.2) is 19.6 Å². The molecule has 0 saturated carbocycles. The van der Waals surface area contributed by atoms with Crippen LogP contribution in [0.1, 0.15) is 38.3 Å². The van der Waals surface area contributed by atoms with E-state index < -0.39 is 5.76 Å². The van der Waals surface area contributed by atoms with Gasteiger partial charge in [0, 0.05) is 56.1 Å². The molecule has 0 spiro atoms. The number of aryl methyl sites for hydroxylation is 1. The second kappa shape index (κ2) is 7.81. The first-order chi connectivity index (χ1) is 16.5. The molecule has 2 aliphatic rings. The lowest BCUT2D eigenvalue weighted by Gasteiger charge is -2.28. The summed E-state index contributed by atoms with van der Waals surface area (Å²) in [6.07, 6.45) is 2.71. The monoisotopic (exact) mass is 457 g/mol. The molecule has 2 aliphatic heterocycles. The highest BCUT2D eigenvalue weighted by atomic mass is 16.5. The van der Waals surface area contributed by atoms with Crippen LogP contribution in [0.2, 0.25) is 0 Å². The van der Waals surface area contributed by atoms with Crippen molar-refractivity contribution < 1.29 is 13.9 Å². The van der Waals surface area contributed by atoms with E-state index in [-0.39, 0.29) is 5.97 Å². The Bertz CT molecular complexity index is 1520. The summed E-state index contributed by atoms with van der Waals surface area (Å²) < 4.78 is 11.8. The Morgan fingerprint density at radius 1 is 1.18 bits per heavy atom.